The highest BCUT2D eigenvalue weighted by Gasteiger charge is 2.29. The van der Waals surface area contributed by atoms with Crippen LogP contribution in [0.15, 0.2) is 12.2 Å². The number of rotatable bonds is 3. The fourth-order valence-electron chi connectivity index (χ4n) is 1.42. The van der Waals surface area contributed by atoms with Crippen LogP contribution in [0.3, 0.4) is 0 Å². The van der Waals surface area contributed by atoms with Crippen molar-refractivity contribution in [3.63, 3.8) is 0 Å². The molecule has 0 aromatic carbocycles. The molecule has 0 aromatic heterocycles. The van der Waals surface area contributed by atoms with Crippen molar-refractivity contribution in [1.82, 2.24) is 4.90 Å². The Morgan fingerprint density at radius 2 is 2.44 bits per heavy atom. The lowest BCUT2D eigenvalue weighted by Gasteiger charge is -2.22. The molecule has 6 nitrogen and oxygen atoms in total. The number of hydrogen-bond donors (Lipinski definition) is 1. The number of nitriles is 1. The molecule has 1 amide bonds. The van der Waals surface area contributed by atoms with Crippen LogP contribution in [0.25, 0.3) is 0 Å². The topological polar surface area (TPSA) is 96.4 Å². The van der Waals surface area contributed by atoms with E-state index in [0.717, 1.165) is 0 Å². The molecule has 0 saturated carbocycles. The number of methoxy groups -OCH3 is 1. The highest BCUT2D eigenvalue weighted by Crippen LogP contribution is 2.11. The number of amides is 1. The summed E-state index contributed by atoms with van der Waals surface area (Å²) in [5.41, 5.74) is 5.56. The fraction of sp³-hybridized carbons (Fsp3) is 0.500. The maximum atomic E-state index is 11.8. The number of nitrogens with zero attached hydrogens (tertiary/aromatic N) is 2. The van der Waals surface area contributed by atoms with E-state index in [9.17, 15) is 9.59 Å². The van der Waals surface area contributed by atoms with Gasteiger partial charge in [0, 0.05) is 6.54 Å². The molecule has 0 bridgehead atoms. The van der Waals surface area contributed by atoms with Crippen LogP contribution < -0.4 is 5.73 Å². The van der Waals surface area contributed by atoms with Gasteiger partial charge >= 0.3 is 5.97 Å². The average Bonchev–Trinajstić information content (AvgIpc) is 2.75. The summed E-state index contributed by atoms with van der Waals surface area (Å²) in [5.74, 6) is -0.955. The molecule has 1 aliphatic rings. The van der Waals surface area contributed by atoms with E-state index in [0.29, 0.717) is 6.54 Å². The molecule has 0 spiro atoms. The van der Waals surface area contributed by atoms with E-state index in [1.807, 2.05) is 6.07 Å². The first-order valence-corrected chi connectivity index (χ1v) is 4.79. The number of nitrogens with two attached hydrogens (primary N) is 1. The van der Waals surface area contributed by atoms with Gasteiger partial charge in [0.1, 0.15) is 6.04 Å². The van der Waals surface area contributed by atoms with Gasteiger partial charge in [-0.3, -0.25) is 9.59 Å². The molecule has 0 fully saturated rings. The maximum Gasteiger partial charge on any atom is 0.307 e. The van der Waals surface area contributed by atoms with Gasteiger partial charge in [-0.05, 0) is 6.08 Å². The normalized spacial score (nSPS) is 20.3. The Hall–Kier alpha value is -1.87. The molecular formula is C10H13N3O3. The van der Waals surface area contributed by atoms with Gasteiger partial charge in [-0.25, -0.2) is 0 Å². The summed E-state index contributed by atoms with van der Waals surface area (Å²) in [6, 6.07) is 0.421. The van der Waals surface area contributed by atoms with Gasteiger partial charge in [0.05, 0.1) is 25.6 Å². The Labute approximate surface area is 93.3 Å². The number of hydrogen-bond acceptors (Lipinski definition) is 5. The monoisotopic (exact) mass is 223 g/mol. The standard InChI is InChI=1S/C10H13N3O3/c1-16-9(14)5-8(12)10(15)13-4-2-3-7(13)6-11/h2-3,7-8H,4-5,12H2,1H3. The van der Waals surface area contributed by atoms with E-state index in [-0.39, 0.29) is 6.42 Å². The molecule has 1 aliphatic heterocycles. The Kier molecular flexibility index (Phi) is 4.03. The SMILES string of the molecule is COC(=O)CC(N)C(=O)N1CC=CC1C#N. The molecule has 0 aliphatic carbocycles. The molecule has 2 N–H and O–H groups in total. The highest BCUT2D eigenvalue weighted by molar-refractivity contribution is 5.87. The van der Waals surface area contributed by atoms with E-state index < -0.39 is 24.0 Å². The lowest BCUT2D eigenvalue weighted by Crippen LogP contribution is -2.46. The van der Waals surface area contributed by atoms with E-state index in [1.165, 1.54) is 12.0 Å². The summed E-state index contributed by atoms with van der Waals surface area (Å²) in [5, 5.41) is 8.77. The molecule has 0 aromatic rings. The zero-order valence-corrected chi connectivity index (χ0v) is 8.92. The van der Waals surface area contributed by atoms with Crippen LogP contribution in [0.2, 0.25) is 0 Å². The first kappa shape index (κ1) is 12.2. The van der Waals surface area contributed by atoms with Gasteiger partial charge in [0.25, 0.3) is 0 Å². The molecule has 0 saturated heterocycles. The van der Waals surface area contributed by atoms with Gasteiger partial charge in [0.2, 0.25) is 5.91 Å². The van der Waals surface area contributed by atoms with Crippen LogP contribution in [0.1, 0.15) is 6.42 Å². The fourth-order valence-corrected chi connectivity index (χ4v) is 1.42. The van der Waals surface area contributed by atoms with Crippen molar-refractivity contribution in [1.29, 1.82) is 5.26 Å². The molecule has 2 atom stereocenters. The smallest absolute Gasteiger partial charge is 0.307 e. The maximum absolute atomic E-state index is 11.8. The zero-order valence-electron chi connectivity index (χ0n) is 8.92. The van der Waals surface area contributed by atoms with Gasteiger partial charge in [0.15, 0.2) is 0 Å². The van der Waals surface area contributed by atoms with Crippen molar-refractivity contribution in [3.05, 3.63) is 12.2 Å². The third-order valence-electron chi connectivity index (χ3n) is 2.30. The molecule has 1 heterocycles. The third-order valence-corrected chi connectivity index (χ3v) is 2.30. The van der Waals surface area contributed by atoms with Crippen LogP contribution in [0.4, 0.5) is 0 Å². The largest absolute Gasteiger partial charge is 0.469 e. The first-order valence-electron chi connectivity index (χ1n) is 4.79. The molecule has 1 rings (SSSR count). The van der Waals surface area contributed by atoms with E-state index in [2.05, 4.69) is 4.74 Å². The molecule has 0 radical (unpaired) electrons. The highest BCUT2D eigenvalue weighted by atomic mass is 16.5. The van der Waals surface area contributed by atoms with Crippen LogP contribution in [0.5, 0.6) is 0 Å². The van der Waals surface area contributed by atoms with Crippen molar-refractivity contribution in [2.75, 3.05) is 13.7 Å². The van der Waals surface area contributed by atoms with Crippen molar-refractivity contribution in [3.8, 4) is 6.07 Å². The van der Waals surface area contributed by atoms with E-state index in [1.54, 1.807) is 12.2 Å². The number of carbonyl (C=O) groups excluding carboxylic acids is 2. The van der Waals surface area contributed by atoms with Crippen LogP contribution in [-0.4, -0.2) is 42.5 Å². The molecule has 86 valence electrons. The van der Waals surface area contributed by atoms with Gasteiger partial charge < -0.3 is 15.4 Å². The molecule has 2 unspecified atom stereocenters. The first-order chi connectivity index (χ1) is 7.60. The van der Waals surface area contributed by atoms with Crippen molar-refractivity contribution in [2.24, 2.45) is 5.73 Å². The van der Waals surface area contributed by atoms with E-state index in [4.69, 9.17) is 11.0 Å². The molecule has 6 heteroatoms. The number of ether oxygens (including phenoxy) is 1. The van der Waals surface area contributed by atoms with Crippen LogP contribution in [0, 0.1) is 11.3 Å². The lowest BCUT2D eigenvalue weighted by atomic mass is 10.2. The summed E-state index contributed by atoms with van der Waals surface area (Å²) in [4.78, 5) is 24.0. The molecular weight excluding hydrogens is 210 g/mol. The summed E-state index contributed by atoms with van der Waals surface area (Å²) >= 11 is 0. The second-order valence-corrected chi connectivity index (χ2v) is 3.38. The quantitative estimate of drug-likeness (QED) is 0.497. The summed E-state index contributed by atoms with van der Waals surface area (Å²) in [6.45, 7) is 0.353. The summed E-state index contributed by atoms with van der Waals surface area (Å²) in [7, 11) is 1.23. The summed E-state index contributed by atoms with van der Waals surface area (Å²) < 4.78 is 4.42. The minimum Gasteiger partial charge on any atom is -0.469 e. The van der Waals surface area contributed by atoms with Gasteiger partial charge in [-0.15, -0.1) is 0 Å². The zero-order chi connectivity index (χ0) is 12.1. The number of esters is 1. The Morgan fingerprint density at radius 1 is 1.75 bits per heavy atom. The van der Waals surface area contributed by atoms with Crippen LogP contribution >= 0.6 is 0 Å². The second kappa shape index (κ2) is 5.28. The predicted octanol–water partition coefficient (Wildman–Crippen LogP) is -0.833. The van der Waals surface area contributed by atoms with E-state index >= 15 is 0 Å². The molecule has 16 heavy (non-hydrogen) atoms. The lowest BCUT2D eigenvalue weighted by molar-refractivity contribution is -0.144. The van der Waals surface area contributed by atoms with Crippen molar-refractivity contribution in [2.45, 2.75) is 18.5 Å². The van der Waals surface area contributed by atoms with Gasteiger partial charge in [-0.1, -0.05) is 6.08 Å². The number of carbonyl (C=O) groups is 2. The minimum absolute atomic E-state index is 0.177. The Morgan fingerprint density at radius 3 is 3.00 bits per heavy atom. The van der Waals surface area contributed by atoms with Crippen LogP contribution in [-0.2, 0) is 14.3 Å². The predicted molar refractivity (Wildman–Crippen MR) is 54.9 cm³/mol. The third kappa shape index (κ3) is 2.58. The average molecular weight is 223 g/mol. The second-order valence-electron chi connectivity index (χ2n) is 3.38. The van der Waals surface area contributed by atoms with Gasteiger partial charge in [-0.2, -0.15) is 5.26 Å². The van der Waals surface area contributed by atoms with Crippen molar-refractivity contribution >= 4 is 11.9 Å². The Bertz CT molecular complexity index is 359. The summed E-state index contributed by atoms with van der Waals surface area (Å²) in [6.07, 6.45) is 3.17. The minimum atomic E-state index is -0.955. The van der Waals surface area contributed by atoms with Crippen molar-refractivity contribution < 1.29 is 14.3 Å². The Balaban J connectivity index is 2.58.